The number of hydrogen-bond donors (Lipinski definition) is 0. The Balaban J connectivity index is 1.82. The first kappa shape index (κ1) is 18.0. The molecular weight excluding hydrogens is 330 g/mol. The van der Waals surface area contributed by atoms with E-state index in [4.69, 9.17) is 4.74 Å². The van der Waals surface area contributed by atoms with Gasteiger partial charge < -0.3 is 4.74 Å². The summed E-state index contributed by atoms with van der Waals surface area (Å²) in [4.78, 5) is 39.8. The predicted octanol–water partition coefficient (Wildman–Crippen LogP) is 2.50. The van der Waals surface area contributed by atoms with Crippen molar-refractivity contribution in [3.63, 3.8) is 0 Å². The van der Waals surface area contributed by atoms with Crippen LogP contribution in [0.5, 0.6) is 0 Å². The standard InChI is InChI=1S/C21H21NO4/c1-26-20(25)21(12-18(23)17-10-6-3-7-11-17)15-22(14-19(21)24)13-16-8-4-2-5-9-16/h2-11H,12-15H2,1H3. The van der Waals surface area contributed by atoms with E-state index in [2.05, 4.69) is 0 Å². The second-order valence-electron chi connectivity index (χ2n) is 6.59. The molecule has 1 saturated heterocycles. The first-order valence-electron chi connectivity index (χ1n) is 8.51. The van der Waals surface area contributed by atoms with Crippen LogP contribution in [0.3, 0.4) is 0 Å². The number of carbonyl (C=O) groups is 3. The zero-order chi connectivity index (χ0) is 18.6. The highest BCUT2D eigenvalue weighted by Crippen LogP contribution is 2.34. The minimum Gasteiger partial charge on any atom is -0.468 e. The number of esters is 1. The fraction of sp³-hybridized carbons (Fsp3) is 0.286. The van der Waals surface area contributed by atoms with Crippen LogP contribution in [-0.4, -0.2) is 42.6 Å². The Kier molecular flexibility index (Phi) is 5.28. The maximum absolute atomic E-state index is 12.8. The molecule has 1 atom stereocenters. The highest BCUT2D eigenvalue weighted by Gasteiger charge is 2.53. The highest BCUT2D eigenvalue weighted by atomic mass is 16.5. The van der Waals surface area contributed by atoms with Crippen molar-refractivity contribution < 1.29 is 19.1 Å². The molecule has 26 heavy (non-hydrogen) atoms. The number of likely N-dealkylation sites (tertiary alicyclic amines) is 1. The van der Waals surface area contributed by atoms with Gasteiger partial charge in [-0.15, -0.1) is 0 Å². The summed E-state index contributed by atoms with van der Waals surface area (Å²) >= 11 is 0. The van der Waals surface area contributed by atoms with Crippen LogP contribution in [0.2, 0.25) is 0 Å². The lowest BCUT2D eigenvalue weighted by Crippen LogP contribution is -2.42. The van der Waals surface area contributed by atoms with Gasteiger partial charge in [-0.05, 0) is 5.56 Å². The number of Topliss-reactive ketones (excluding diaryl/α,β-unsaturated/α-hetero) is 2. The molecule has 2 aromatic carbocycles. The molecule has 0 saturated carbocycles. The molecule has 1 fully saturated rings. The predicted molar refractivity (Wildman–Crippen MR) is 96.6 cm³/mol. The van der Waals surface area contributed by atoms with Crippen LogP contribution in [0.4, 0.5) is 0 Å². The van der Waals surface area contributed by atoms with Crippen LogP contribution in [0.1, 0.15) is 22.3 Å². The molecule has 0 aliphatic carbocycles. The molecule has 3 rings (SSSR count). The molecular formula is C21H21NO4. The zero-order valence-corrected chi connectivity index (χ0v) is 14.7. The lowest BCUT2D eigenvalue weighted by atomic mass is 9.79. The Morgan fingerprint density at radius 1 is 1.04 bits per heavy atom. The Morgan fingerprint density at radius 2 is 1.65 bits per heavy atom. The van der Waals surface area contributed by atoms with Crippen molar-refractivity contribution in [1.82, 2.24) is 4.90 Å². The maximum atomic E-state index is 12.8. The summed E-state index contributed by atoms with van der Waals surface area (Å²) in [5.74, 6) is -1.13. The van der Waals surface area contributed by atoms with Crippen LogP contribution in [0, 0.1) is 5.41 Å². The van der Waals surface area contributed by atoms with Crippen LogP contribution < -0.4 is 0 Å². The molecule has 0 radical (unpaired) electrons. The summed E-state index contributed by atoms with van der Waals surface area (Å²) in [5.41, 5.74) is 0.108. The van der Waals surface area contributed by atoms with Gasteiger partial charge in [-0.25, -0.2) is 0 Å². The van der Waals surface area contributed by atoms with Gasteiger partial charge in [0.05, 0.1) is 13.7 Å². The summed E-state index contributed by atoms with van der Waals surface area (Å²) < 4.78 is 4.90. The van der Waals surface area contributed by atoms with E-state index < -0.39 is 11.4 Å². The number of hydrogen-bond acceptors (Lipinski definition) is 5. The third-order valence-electron chi connectivity index (χ3n) is 4.78. The van der Waals surface area contributed by atoms with Crippen molar-refractivity contribution in [3.8, 4) is 0 Å². The number of rotatable bonds is 6. The molecule has 0 amide bonds. The normalized spacial score (nSPS) is 20.1. The summed E-state index contributed by atoms with van der Waals surface area (Å²) in [6.45, 7) is 0.864. The molecule has 1 aliphatic rings. The van der Waals surface area contributed by atoms with E-state index in [-0.39, 0.29) is 31.1 Å². The SMILES string of the molecule is COC(=O)C1(CC(=O)c2ccccc2)CN(Cc2ccccc2)CC1=O. The van der Waals surface area contributed by atoms with Crippen LogP contribution >= 0.6 is 0 Å². The monoisotopic (exact) mass is 351 g/mol. The van der Waals surface area contributed by atoms with Crippen molar-refractivity contribution in [3.05, 3.63) is 71.8 Å². The number of ketones is 2. The lowest BCUT2D eigenvalue weighted by molar-refractivity contribution is -0.155. The Hall–Kier alpha value is -2.79. The topological polar surface area (TPSA) is 63.7 Å². The van der Waals surface area contributed by atoms with Gasteiger partial charge in [0.15, 0.2) is 11.6 Å². The van der Waals surface area contributed by atoms with Gasteiger partial charge in [-0.2, -0.15) is 0 Å². The fourth-order valence-electron chi connectivity index (χ4n) is 3.43. The number of nitrogens with zero attached hydrogens (tertiary/aromatic N) is 1. The van der Waals surface area contributed by atoms with E-state index >= 15 is 0 Å². The molecule has 0 N–H and O–H groups in total. The second kappa shape index (κ2) is 7.62. The third kappa shape index (κ3) is 3.58. The Labute approximate surface area is 152 Å². The second-order valence-corrected chi connectivity index (χ2v) is 6.59. The molecule has 1 heterocycles. The molecule has 5 nitrogen and oxygen atoms in total. The number of ether oxygens (including phenoxy) is 1. The number of benzene rings is 2. The summed E-state index contributed by atoms with van der Waals surface area (Å²) in [7, 11) is 1.25. The highest BCUT2D eigenvalue weighted by molar-refractivity contribution is 6.11. The van der Waals surface area contributed by atoms with Gasteiger partial charge >= 0.3 is 5.97 Å². The average molecular weight is 351 g/mol. The molecule has 0 spiro atoms. The zero-order valence-electron chi connectivity index (χ0n) is 14.7. The van der Waals surface area contributed by atoms with Gasteiger partial charge in [0.2, 0.25) is 0 Å². The van der Waals surface area contributed by atoms with Crippen molar-refractivity contribution in [2.75, 3.05) is 20.2 Å². The molecule has 0 aromatic heterocycles. The average Bonchev–Trinajstić information content (AvgIpc) is 2.98. The van der Waals surface area contributed by atoms with Gasteiger partial charge in [0.25, 0.3) is 0 Å². The van der Waals surface area contributed by atoms with Crippen LogP contribution in [-0.2, 0) is 20.9 Å². The summed E-state index contributed by atoms with van der Waals surface area (Å²) in [6.07, 6.45) is -0.173. The number of methoxy groups -OCH3 is 1. The van der Waals surface area contributed by atoms with E-state index in [1.807, 2.05) is 41.3 Å². The minimum atomic E-state index is -1.43. The molecule has 2 aromatic rings. The Bertz CT molecular complexity index is 803. The van der Waals surface area contributed by atoms with Gasteiger partial charge in [0.1, 0.15) is 5.41 Å². The lowest BCUT2D eigenvalue weighted by Gasteiger charge is -2.24. The van der Waals surface area contributed by atoms with E-state index in [0.29, 0.717) is 12.1 Å². The molecule has 5 heteroatoms. The first-order chi connectivity index (χ1) is 12.5. The van der Waals surface area contributed by atoms with Crippen LogP contribution in [0.15, 0.2) is 60.7 Å². The van der Waals surface area contributed by atoms with E-state index in [0.717, 1.165) is 5.56 Å². The van der Waals surface area contributed by atoms with Crippen molar-refractivity contribution in [1.29, 1.82) is 0 Å². The van der Waals surface area contributed by atoms with E-state index in [1.165, 1.54) is 7.11 Å². The van der Waals surface area contributed by atoms with Gasteiger partial charge in [-0.1, -0.05) is 60.7 Å². The summed E-state index contributed by atoms with van der Waals surface area (Å²) in [5, 5.41) is 0. The quantitative estimate of drug-likeness (QED) is 0.455. The van der Waals surface area contributed by atoms with Gasteiger partial charge in [0, 0.05) is 25.1 Å². The molecule has 1 aliphatic heterocycles. The van der Waals surface area contributed by atoms with Crippen molar-refractivity contribution >= 4 is 17.5 Å². The summed E-state index contributed by atoms with van der Waals surface area (Å²) in [6, 6.07) is 18.4. The smallest absolute Gasteiger partial charge is 0.321 e. The van der Waals surface area contributed by atoms with Crippen LogP contribution in [0.25, 0.3) is 0 Å². The van der Waals surface area contributed by atoms with E-state index in [9.17, 15) is 14.4 Å². The largest absolute Gasteiger partial charge is 0.468 e. The minimum absolute atomic E-state index is 0.131. The number of carbonyl (C=O) groups excluding carboxylic acids is 3. The Morgan fingerprint density at radius 3 is 2.27 bits per heavy atom. The van der Waals surface area contributed by atoms with Crippen molar-refractivity contribution in [2.45, 2.75) is 13.0 Å². The molecule has 134 valence electrons. The van der Waals surface area contributed by atoms with Gasteiger partial charge in [-0.3, -0.25) is 19.3 Å². The van der Waals surface area contributed by atoms with Crippen molar-refractivity contribution in [2.24, 2.45) is 5.41 Å². The molecule has 1 unspecified atom stereocenters. The van der Waals surface area contributed by atoms with E-state index in [1.54, 1.807) is 24.3 Å². The maximum Gasteiger partial charge on any atom is 0.321 e. The molecule has 0 bridgehead atoms. The first-order valence-corrected chi connectivity index (χ1v) is 8.51. The third-order valence-corrected chi connectivity index (χ3v) is 4.78. The fourth-order valence-corrected chi connectivity index (χ4v) is 3.43.